The van der Waals surface area contributed by atoms with Gasteiger partial charge in [-0.3, -0.25) is 9.69 Å². The Bertz CT molecular complexity index is 1000. The third kappa shape index (κ3) is 4.78. The van der Waals surface area contributed by atoms with E-state index >= 15 is 0 Å². The van der Waals surface area contributed by atoms with Gasteiger partial charge in [0, 0.05) is 41.7 Å². The highest BCUT2D eigenvalue weighted by Gasteiger charge is 2.13. The first-order valence-corrected chi connectivity index (χ1v) is 9.82. The monoisotopic (exact) mass is 386 g/mol. The summed E-state index contributed by atoms with van der Waals surface area (Å²) in [4.78, 5) is 15.0. The first-order valence-electron chi connectivity index (χ1n) is 9.82. The van der Waals surface area contributed by atoms with Gasteiger partial charge in [0.25, 0.3) is 5.91 Å². The summed E-state index contributed by atoms with van der Waals surface area (Å²) in [6, 6.07) is 18.7. The van der Waals surface area contributed by atoms with E-state index in [2.05, 4.69) is 10.2 Å². The Morgan fingerprint density at radius 1 is 1.03 bits per heavy atom. The number of benzene rings is 3. The average molecular weight is 386 g/mol. The minimum Gasteiger partial charge on any atom is -0.492 e. The molecule has 3 aromatic carbocycles. The molecule has 1 amide bonds. The van der Waals surface area contributed by atoms with E-state index in [1.165, 1.54) is 0 Å². The van der Waals surface area contributed by atoms with Gasteiger partial charge in [0.2, 0.25) is 0 Å². The molecular weight excluding hydrogens is 363 g/mol. The number of nitrogens with one attached hydrogen (secondary N) is 1. The lowest BCUT2D eigenvalue weighted by Crippen LogP contribution is -2.38. The molecule has 0 spiro atoms. The number of hydrogen-bond acceptors (Lipinski definition) is 4. The van der Waals surface area contributed by atoms with Crippen LogP contribution in [0.15, 0.2) is 60.7 Å². The van der Waals surface area contributed by atoms with Gasteiger partial charge >= 0.3 is 0 Å². The fraction of sp³-hybridized carbons (Fsp3) is 0.261. The number of morpholine rings is 1. The number of hydrogen-bond donors (Lipinski definition) is 1. The van der Waals surface area contributed by atoms with E-state index in [0.29, 0.717) is 17.6 Å². The van der Waals surface area contributed by atoms with Crippen molar-refractivity contribution in [3.8, 4) is 5.75 Å². The van der Waals surface area contributed by atoms with Crippen molar-refractivity contribution in [1.82, 2.24) is 4.90 Å². The molecule has 1 fully saturated rings. The van der Waals surface area contributed by atoms with Crippen LogP contribution in [0.3, 0.4) is 0 Å². The first kappa shape index (κ1) is 19.5. The zero-order valence-corrected chi connectivity index (χ0v) is 16.3. The van der Waals surface area contributed by atoms with Gasteiger partial charge in [-0.05, 0) is 18.2 Å². The lowest BCUT2D eigenvalue weighted by Gasteiger charge is -2.26. The molecule has 3 aromatic rings. The topological polar surface area (TPSA) is 50.8 Å². The van der Waals surface area contributed by atoms with E-state index in [1.54, 1.807) is 24.3 Å². The van der Waals surface area contributed by atoms with E-state index in [0.717, 1.165) is 55.1 Å². The molecule has 1 saturated heterocycles. The van der Waals surface area contributed by atoms with Crippen molar-refractivity contribution in [3.63, 3.8) is 0 Å². The van der Waals surface area contributed by atoms with Gasteiger partial charge < -0.3 is 14.8 Å². The van der Waals surface area contributed by atoms with Crippen molar-refractivity contribution < 1.29 is 14.3 Å². The van der Waals surface area contributed by atoms with Gasteiger partial charge in [0.1, 0.15) is 20.2 Å². The molecule has 0 aromatic heterocycles. The van der Waals surface area contributed by atoms with Crippen LogP contribution < -0.4 is 15.5 Å². The van der Waals surface area contributed by atoms with Crippen molar-refractivity contribution in [2.45, 2.75) is 0 Å². The van der Waals surface area contributed by atoms with Crippen LogP contribution in [0.5, 0.6) is 5.75 Å². The van der Waals surface area contributed by atoms with Crippen molar-refractivity contribution in [2.24, 2.45) is 0 Å². The first-order chi connectivity index (χ1) is 14.2. The Morgan fingerprint density at radius 2 is 1.83 bits per heavy atom. The Kier molecular flexibility index (Phi) is 6.13. The number of anilines is 1. The number of amides is 1. The molecule has 1 N–H and O–H groups in total. The van der Waals surface area contributed by atoms with E-state index in [1.807, 2.05) is 36.4 Å². The second-order valence-corrected chi connectivity index (χ2v) is 7.04. The third-order valence-electron chi connectivity index (χ3n) is 5.05. The van der Waals surface area contributed by atoms with E-state index in [4.69, 9.17) is 17.3 Å². The van der Waals surface area contributed by atoms with Gasteiger partial charge in [-0.1, -0.05) is 47.9 Å². The van der Waals surface area contributed by atoms with Gasteiger partial charge in [-0.25, -0.2) is 0 Å². The van der Waals surface area contributed by atoms with Crippen LogP contribution in [-0.2, 0) is 4.74 Å². The van der Waals surface area contributed by atoms with E-state index in [-0.39, 0.29) is 5.91 Å². The molecule has 5 nitrogen and oxygen atoms in total. The minimum atomic E-state index is -0.191. The smallest absolute Gasteiger partial charge is 0.255 e. The Hall–Kier alpha value is -2.83. The van der Waals surface area contributed by atoms with E-state index < -0.39 is 0 Å². The number of rotatable bonds is 6. The molecule has 1 aliphatic heterocycles. The maximum atomic E-state index is 12.6. The number of carbonyl (C=O) groups is 1. The summed E-state index contributed by atoms with van der Waals surface area (Å²) in [5.41, 5.74) is 1.83. The van der Waals surface area contributed by atoms with Crippen LogP contribution in [0.4, 0.5) is 5.69 Å². The minimum absolute atomic E-state index is 0.191. The lowest BCUT2D eigenvalue weighted by molar-refractivity contribution is 0.0323. The normalized spacial score (nSPS) is 14.6. The maximum absolute atomic E-state index is 12.6. The van der Waals surface area contributed by atoms with Gasteiger partial charge in [-0.2, -0.15) is 0 Å². The lowest BCUT2D eigenvalue weighted by atomic mass is 9.94. The summed E-state index contributed by atoms with van der Waals surface area (Å²) in [5.74, 6) is 0.624. The Labute approximate surface area is 172 Å². The van der Waals surface area contributed by atoms with Crippen molar-refractivity contribution >= 4 is 35.7 Å². The molecular formula is C23H23BN2O3. The zero-order valence-electron chi connectivity index (χ0n) is 16.3. The summed E-state index contributed by atoms with van der Waals surface area (Å²) < 4.78 is 11.5. The largest absolute Gasteiger partial charge is 0.492 e. The highest BCUT2D eigenvalue weighted by molar-refractivity contribution is 6.32. The van der Waals surface area contributed by atoms with E-state index in [9.17, 15) is 4.79 Å². The molecule has 0 atom stereocenters. The fourth-order valence-corrected chi connectivity index (χ4v) is 3.49. The van der Waals surface area contributed by atoms with Crippen molar-refractivity contribution in [1.29, 1.82) is 0 Å². The van der Waals surface area contributed by atoms with Crippen LogP contribution >= 0.6 is 0 Å². The molecule has 29 heavy (non-hydrogen) atoms. The predicted molar refractivity (Wildman–Crippen MR) is 116 cm³/mol. The fourth-order valence-electron chi connectivity index (χ4n) is 3.49. The molecule has 6 heteroatoms. The van der Waals surface area contributed by atoms with Crippen LogP contribution in [0.2, 0.25) is 0 Å². The van der Waals surface area contributed by atoms with Crippen LogP contribution in [-0.4, -0.2) is 58.1 Å². The molecule has 146 valence electrons. The van der Waals surface area contributed by atoms with Gasteiger partial charge in [-0.15, -0.1) is 0 Å². The Balaban J connectivity index is 1.49. The van der Waals surface area contributed by atoms with Crippen LogP contribution in [0, 0.1) is 0 Å². The van der Waals surface area contributed by atoms with Crippen LogP contribution in [0.25, 0.3) is 10.8 Å². The summed E-state index contributed by atoms with van der Waals surface area (Å²) in [7, 11) is 5.79. The van der Waals surface area contributed by atoms with Crippen LogP contribution in [0.1, 0.15) is 10.4 Å². The Morgan fingerprint density at radius 3 is 2.62 bits per heavy atom. The molecule has 2 radical (unpaired) electrons. The summed E-state index contributed by atoms with van der Waals surface area (Å²) in [5, 5.41) is 4.90. The second kappa shape index (κ2) is 9.12. The number of carbonyl (C=O) groups excluding carboxylic acids is 1. The molecule has 4 rings (SSSR count). The van der Waals surface area contributed by atoms with Crippen molar-refractivity contribution in [2.75, 3.05) is 44.8 Å². The van der Waals surface area contributed by atoms with Gasteiger partial charge in [0.15, 0.2) is 0 Å². The highest BCUT2D eigenvalue weighted by atomic mass is 16.5. The molecule has 0 bridgehead atoms. The molecule has 0 aliphatic carbocycles. The number of ether oxygens (including phenoxy) is 2. The number of fused-ring (bicyclic) bond motifs is 1. The highest BCUT2D eigenvalue weighted by Crippen LogP contribution is 2.32. The standard InChI is InChI=1S/C23H23BN2O3/c24-18-5-3-4-17(16-18)23(27)25-21-8-9-22(20-7-2-1-6-19(20)21)29-15-12-26-10-13-28-14-11-26/h1-9,16H,10-15H2,(H,25,27). The molecule has 1 aliphatic rings. The summed E-state index contributed by atoms with van der Waals surface area (Å²) >= 11 is 0. The predicted octanol–water partition coefficient (Wildman–Crippen LogP) is 2.60. The zero-order chi connectivity index (χ0) is 20.1. The maximum Gasteiger partial charge on any atom is 0.255 e. The van der Waals surface area contributed by atoms with Crippen molar-refractivity contribution in [3.05, 3.63) is 66.2 Å². The molecule has 0 saturated carbocycles. The molecule has 0 unspecified atom stereocenters. The summed E-state index contributed by atoms with van der Waals surface area (Å²) in [6.07, 6.45) is 0. The average Bonchev–Trinajstić information content (AvgIpc) is 2.76. The summed E-state index contributed by atoms with van der Waals surface area (Å²) in [6.45, 7) is 4.93. The molecule has 1 heterocycles. The third-order valence-corrected chi connectivity index (χ3v) is 5.05. The quantitative estimate of drug-likeness (QED) is 0.662. The second-order valence-electron chi connectivity index (χ2n) is 7.04. The van der Waals surface area contributed by atoms with Gasteiger partial charge in [0.05, 0.1) is 13.2 Å². The number of nitrogens with zero attached hydrogens (tertiary/aromatic N) is 1. The SMILES string of the molecule is [B]c1cccc(C(=O)Nc2ccc(OCCN3CCOCC3)c3ccccc23)c1.